The third kappa shape index (κ3) is 5.12. The van der Waals surface area contributed by atoms with Gasteiger partial charge >= 0.3 is 5.97 Å². The van der Waals surface area contributed by atoms with E-state index in [1.54, 1.807) is 0 Å². The Labute approximate surface area is 121 Å². The molecular weight excluding hydrogens is 258 g/mol. The molecule has 1 aliphatic heterocycles. The summed E-state index contributed by atoms with van der Waals surface area (Å²) in [6.07, 6.45) is 3.41. The lowest BCUT2D eigenvalue weighted by Gasteiger charge is -2.36. The molecule has 1 heterocycles. The summed E-state index contributed by atoms with van der Waals surface area (Å²) in [5, 5.41) is 0. The smallest absolute Gasteiger partial charge is 0.309 e. The average Bonchev–Trinajstić information content (AvgIpc) is 2.43. The van der Waals surface area contributed by atoms with Gasteiger partial charge in [0.05, 0.1) is 12.5 Å². The highest BCUT2D eigenvalue weighted by Gasteiger charge is 2.32. The van der Waals surface area contributed by atoms with Gasteiger partial charge in [-0.3, -0.25) is 9.59 Å². The van der Waals surface area contributed by atoms with E-state index in [2.05, 4.69) is 6.92 Å². The van der Waals surface area contributed by atoms with Crippen molar-refractivity contribution in [1.29, 1.82) is 0 Å². The van der Waals surface area contributed by atoms with Gasteiger partial charge in [-0.05, 0) is 33.1 Å². The molecule has 0 N–H and O–H groups in total. The minimum absolute atomic E-state index is 0.0240. The molecule has 0 spiro atoms. The van der Waals surface area contributed by atoms with Gasteiger partial charge in [0.15, 0.2) is 0 Å². The summed E-state index contributed by atoms with van der Waals surface area (Å²) in [6, 6.07) is 0.0698. The van der Waals surface area contributed by atoms with Gasteiger partial charge in [-0.1, -0.05) is 13.3 Å². The van der Waals surface area contributed by atoms with Gasteiger partial charge in [0.2, 0.25) is 5.91 Å². The third-order valence-corrected chi connectivity index (χ3v) is 3.68. The second kappa shape index (κ2) is 8.95. The maximum absolute atomic E-state index is 12.1. The SMILES string of the molecule is CCCCOCC(=O)N1CCC(C(=O)OCC)C[C@@H]1C. The number of unbranched alkanes of at least 4 members (excludes halogenated alkanes) is 1. The van der Waals surface area contributed by atoms with E-state index in [1.807, 2.05) is 18.7 Å². The van der Waals surface area contributed by atoms with Crippen LogP contribution in [0.25, 0.3) is 0 Å². The summed E-state index contributed by atoms with van der Waals surface area (Å²) < 4.78 is 10.4. The van der Waals surface area contributed by atoms with E-state index in [1.165, 1.54) is 0 Å². The zero-order valence-corrected chi connectivity index (χ0v) is 12.9. The third-order valence-electron chi connectivity index (χ3n) is 3.68. The van der Waals surface area contributed by atoms with Crippen LogP contribution < -0.4 is 0 Å². The quantitative estimate of drug-likeness (QED) is 0.530. The Morgan fingerprint density at radius 2 is 2.05 bits per heavy atom. The van der Waals surface area contributed by atoms with E-state index in [0.29, 0.717) is 32.6 Å². The fraction of sp³-hybridized carbons (Fsp3) is 0.867. The second-order valence-electron chi connectivity index (χ2n) is 5.32. The number of nitrogens with zero attached hydrogens (tertiary/aromatic N) is 1. The van der Waals surface area contributed by atoms with Crippen LogP contribution in [0.3, 0.4) is 0 Å². The highest BCUT2D eigenvalue weighted by molar-refractivity contribution is 5.78. The molecule has 2 atom stereocenters. The van der Waals surface area contributed by atoms with E-state index < -0.39 is 0 Å². The van der Waals surface area contributed by atoms with Gasteiger partial charge in [-0.2, -0.15) is 0 Å². The summed E-state index contributed by atoms with van der Waals surface area (Å²) in [6.45, 7) is 7.69. The number of hydrogen-bond donors (Lipinski definition) is 0. The van der Waals surface area contributed by atoms with Crippen molar-refractivity contribution in [1.82, 2.24) is 4.90 Å². The number of esters is 1. The summed E-state index contributed by atoms with van der Waals surface area (Å²) >= 11 is 0. The number of carbonyl (C=O) groups is 2. The molecule has 0 bridgehead atoms. The molecule has 1 unspecified atom stereocenters. The molecule has 5 nitrogen and oxygen atoms in total. The normalized spacial score (nSPS) is 22.6. The number of likely N-dealkylation sites (tertiary alicyclic amines) is 1. The average molecular weight is 285 g/mol. The van der Waals surface area contributed by atoms with Crippen LogP contribution in [0.2, 0.25) is 0 Å². The Kier molecular flexibility index (Phi) is 7.59. The number of amides is 1. The molecule has 0 radical (unpaired) electrons. The number of hydrogen-bond acceptors (Lipinski definition) is 4. The Morgan fingerprint density at radius 1 is 1.30 bits per heavy atom. The molecule has 1 rings (SSSR count). The highest BCUT2D eigenvalue weighted by Crippen LogP contribution is 2.24. The first kappa shape index (κ1) is 17.0. The van der Waals surface area contributed by atoms with E-state index in [-0.39, 0.29) is 30.4 Å². The van der Waals surface area contributed by atoms with Gasteiger partial charge < -0.3 is 14.4 Å². The Hall–Kier alpha value is -1.10. The molecule has 116 valence electrons. The first-order valence-electron chi connectivity index (χ1n) is 7.63. The van der Waals surface area contributed by atoms with Gasteiger partial charge in [-0.15, -0.1) is 0 Å². The highest BCUT2D eigenvalue weighted by atomic mass is 16.5. The fourth-order valence-corrected chi connectivity index (χ4v) is 2.51. The zero-order chi connectivity index (χ0) is 15.0. The van der Waals surface area contributed by atoms with E-state index in [4.69, 9.17) is 9.47 Å². The fourth-order valence-electron chi connectivity index (χ4n) is 2.51. The number of ether oxygens (including phenoxy) is 2. The van der Waals surface area contributed by atoms with Crippen molar-refractivity contribution in [2.75, 3.05) is 26.4 Å². The van der Waals surface area contributed by atoms with E-state index >= 15 is 0 Å². The summed E-state index contributed by atoms with van der Waals surface area (Å²) in [5.74, 6) is -0.184. The van der Waals surface area contributed by atoms with E-state index in [9.17, 15) is 9.59 Å². The standard InChI is InChI=1S/C15H27NO4/c1-4-6-9-19-11-14(17)16-8-7-13(10-12(16)3)15(18)20-5-2/h12-13H,4-11H2,1-3H3/t12-,13?/m0/s1. The summed E-state index contributed by atoms with van der Waals surface area (Å²) in [7, 11) is 0. The lowest BCUT2D eigenvalue weighted by molar-refractivity contribution is -0.153. The van der Waals surface area contributed by atoms with Crippen molar-refractivity contribution in [2.24, 2.45) is 5.92 Å². The van der Waals surface area contributed by atoms with Crippen LogP contribution in [0.5, 0.6) is 0 Å². The minimum Gasteiger partial charge on any atom is -0.466 e. The lowest BCUT2D eigenvalue weighted by Crippen LogP contribution is -2.47. The largest absolute Gasteiger partial charge is 0.466 e. The predicted molar refractivity (Wildman–Crippen MR) is 76.3 cm³/mol. The molecular formula is C15H27NO4. The van der Waals surface area contributed by atoms with Gasteiger partial charge in [0.25, 0.3) is 0 Å². The molecule has 1 amide bonds. The number of carbonyl (C=O) groups excluding carboxylic acids is 2. The van der Waals surface area contributed by atoms with Crippen LogP contribution in [0, 0.1) is 5.92 Å². The van der Waals surface area contributed by atoms with Crippen LogP contribution in [0.15, 0.2) is 0 Å². The molecule has 1 saturated heterocycles. The number of rotatable bonds is 7. The van der Waals surface area contributed by atoms with Crippen LogP contribution >= 0.6 is 0 Å². The number of piperidine rings is 1. The Morgan fingerprint density at radius 3 is 2.65 bits per heavy atom. The molecule has 20 heavy (non-hydrogen) atoms. The molecule has 1 fully saturated rings. The molecule has 1 aliphatic rings. The van der Waals surface area contributed by atoms with Gasteiger partial charge in [-0.25, -0.2) is 0 Å². The molecule has 0 saturated carbocycles. The Bertz CT molecular complexity index is 319. The summed E-state index contributed by atoms with van der Waals surface area (Å²) in [5.41, 5.74) is 0. The van der Waals surface area contributed by atoms with Crippen molar-refractivity contribution in [2.45, 2.75) is 52.5 Å². The van der Waals surface area contributed by atoms with Crippen LogP contribution in [0.4, 0.5) is 0 Å². The molecule has 0 aromatic heterocycles. The van der Waals surface area contributed by atoms with E-state index in [0.717, 1.165) is 12.8 Å². The maximum Gasteiger partial charge on any atom is 0.309 e. The molecule has 0 aromatic rings. The van der Waals surface area contributed by atoms with Crippen molar-refractivity contribution in [3.63, 3.8) is 0 Å². The van der Waals surface area contributed by atoms with Gasteiger partial charge in [0, 0.05) is 19.2 Å². The first-order chi connectivity index (χ1) is 9.60. The van der Waals surface area contributed by atoms with Crippen LogP contribution in [0.1, 0.15) is 46.5 Å². The molecule has 5 heteroatoms. The predicted octanol–water partition coefficient (Wildman–Crippen LogP) is 1.99. The van der Waals surface area contributed by atoms with Gasteiger partial charge in [0.1, 0.15) is 6.61 Å². The molecule has 0 aromatic carbocycles. The Balaban J connectivity index is 2.36. The topological polar surface area (TPSA) is 55.8 Å². The first-order valence-corrected chi connectivity index (χ1v) is 7.63. The van der Waals surface area contributed by atoms with Crippen molar-refractivity contribution in [3.05, 3.63) is 0 Å². The van der Waals surface area contributed by atoms with Crippen LogP contribution in [-0.4, -0.2) is 49.2 Å². The zero-order valence-electron chi connectivity index (χ0n) is 12.9. The monoisotopic (exact) mass is 285 g/mol. The lowest BCUT2D eigenvalue weighted by atomic mass is 9.91. The van der Waals surface area contributed by atoms with Crippen molar-refractivity contribution < 1.29 is 19.1 Å². The summed E-state index contributed by atoms with van der Waals surface area (Å²) in [4.78, 5) is 25.6. The van der Waals surface area contributed by atoms with Crippen molar-refractivity contribution >= 4 is 11.9 Å². The molecule has 0 aliphatic carbocycles. The minimum atomic E-state index is -0.134. The van der Waals surface area contributed by atoms with Crippen LogP contribution in [-0.2, 0) is 19.1 Å². The van der Waals surface area contributed by atoms with Crippen molar-refractivity contribution in [3.8, 4) is 0 Å². The second-order valence-corrected chi connectivity index (χ2v) is 5.32. The maximum atomic E-state index is 12.1.